The molecular formula is C28H41N5O6S. The van der Waals surface area contributed by atoms with Crippen LogP contribution in [0.2, 0.25) is 0 Å². The summed E-state index contributed by atoms with van der Waals surface area (Å²) in [4.78, 5) is 26.6. The van der Waals surface area contributed by atoms with E-state index in [1.807, 2.05) is 44.2 Å². The molecule has 1 saturated heterocycles. The van der Waals surface area contributed by atoms with E-state index < -0.39 is 34.0 Å². The number of nitrogen functional groups attached to an aromatic ring is 1. The Balaban J connectivity index is 1.82. The Morgan fingerprint density at radius 2 is 1.75 bits per heavy atom. The van der Waals surface area contributed by atoms with Gasteiger partial charge >= 0.3 is 0 Å². The van der Waals surface area contributed by atoms with E-state index in [0.29, 0.717) is 25.3 Å². The first-order valence-electron chi connectivity index (χ1n) is 13.4. The number of ether oxygens (including phenoxy) is 1. The van der Waals surface area contributed by atoms with Gasteiger partial charge in [-0.1, -0.05) is 44.2 Å². The van der Waals surface area contributed by atoms with Crippen molar-refractivity contribution in [2.75, 3.05) is 45.1 Å². The summed E-state index contributed by atoms with van der Waals surface area (Å²) in [7, 11) is -3.95. The van der Waals surface area contributed by atoms with E-state index in [0.717, 1.165) is 5.56 Å². The maximum absolute atomic E-state index is 13.5. The summed E-state index contributed by atoms with van der Waals surface area (Å²) in [6.07, 6.45) is -0.289. The molecule has 1 aliphatic rings. The van der Waals surface area contributed by atoms with E-state index in [-0.39, 0.29) is 49.5 Å². The lowest BCUT2D eigenvalue weighted by molar-refractivity contribution is -0.126. The lowest BCUT2D eigenvalue weighted by atomic mass is 10.0. The van der Waals surface area contributed by atoms with Crippen LogP contribution in [0.4, 0.5) is 5.69 Å². The zero-order chi connectivity index (χ0) is 29.3. The number of aliphatic hydroxyl groups excluding tert-OH is 1. The van der Waals surface area contributed by atoms with Crippen LogP contribution in [-0.2, 0) is 30.8 Å². The highest BCUT2D eigenvalue weighted by molar-refractivity contribution is 7.89. The van der Waals surface area contributed by atoms with Crippen LogP contribution < -0.4 is 16.8 Å². The van der Waals surface area contributed by atoms with Crippen molar-refractivity contribution in [3.8, 4) is 0 Å². The average molecular weight is 576 g/mol. The molecule has 0 spiro atoms. The zero-order valence-electron chi connectivity index (χ0n) is 23.1. The number of amides is 2. The van der Waals surface area contributed by atoms with Crippen LogP contribution in [0.25, 0.3) is 0 Å². The van der Waals surface area contributed by atoms with Crippen molar-refractivity contribution in [1.82, 2.24) is 14.5 Å². The Kier molecular flexibility index (Phi) is 11.5. The normalized spacial score (nSPS) is 17.3. The van der Waals surface area contributed by atoms with Crippen LogP contribution in [-0.4, -0.2) is 92.1 Å². The van der Waals surface area contributed by atoms with Gasteiger partial charge in [-0.15, -0.1) is 0 Å². The van der Waals surface area contributed by atoms with Crippen LogP contribution in [0.3, 0.4) is 0 Å². The summed E-state index contributed by atoms with van der Waals surface area (Å²) in [6, 6.07) is 14.3. The summed E-state index contributed by atoms with van der Waals surface area (Å²) in [5.74, 6) is -0.989. The van der Waals surface area contributed by atoms with E-state index >= 15 is 0 Å². The Morgan fingerprint density at radius 1 is 1.07 bits per heavy atom. The molecule has 1 fully saturated rings. The van der Waals surface area contributed by atoms with E-state index in [2.05, 4.69) is 5.32 Å². The van der Waals surface area contributed by atoms with Crippen LogP contribution in [0, 0.1) is 5.92 Å². The maximum atomic E-state index is 13.5. The molecule has 1 heterocycles. The van der Waals surface area contributed by atoms with Crippen molar-refractivity contribution in [2.45, 2.75) is 49.8 Å². The number of carbonyl (C=O) groups is 2. The Hall–Kier alpha value is -3.03. The number of nitrogens with zero attached hydrogens (tertiary/aromatic N) is 2. The van der Waals surface area contributed by atoms with Crippen LogP contribution >= 0.6 is 0 Å². The first-order chi connectivity index (χ1) is 19.0. The lowest BCUT2D eigenvalue weighted by Crippen LogP contribution is -2.54. The number of benzene rings is 2. The number of sulfonamides is 1. The number of aliphatic hydroxyl groups is 1. The Bertz CT molecular complexity index is 1200. The van der Waals surface area contributed by atoms with Crippen molar-refractivity contribution in [3.63, 3.8) is 0 Å². The van der Waals surface area contributed by atoms with Crippen molar-refractivity contribution < 1.29 is 27.9 Å². The fraction of sp³-hybridized carbons (Fsp3) is 0.500. The predicted molar refractivity (Wildman–Crippen MR) is 153 cm³/mol. The number of rotatable bonds is 15. The fourth-order valence-electron chi connectivity index (χ4n) is 4.72. The minimum Gasteiger partial charge on any atom is -0.399 e. The number of nitrogens with two attached hydrogens (primary N) is 2. The molecule has 0 bridgehead atoms. The largest absolute Gasteiger partial charge is 0.399 e. The van der Waals surface area contributed by atoms with E-state index in [9.17, 15) is 23.1 Å². The smallest absolute Gasteiger partial charge is 0.243 e. The van der Waals surface area contributed by atoms with Crippen LogP contribution in [0.5, 0.6) is 0 Å². The monoisotopic (exact) mass is 575 g/mol. The molecule has 220 valence electrons. The van der Waals surface area contributed by atoms with Gasteiger partial charge in [0.2, 0.25) is 21.8 Å². The summed E-state index contributed by atoms with van der Waals surface area (Å²) in [5.41, 5.74) is 12.5. The third-order valence-electron chi connectivity index (χ3n) is 6.71. The predicted octanol–water partition coefficient (Wildman–Crippen LogP) is 0.580. The van der Waals surface area contributed by atoms with Gasteiger partial charge in [0.15, 0.2) is 0 Å². The van der Waals surface area contributed by atoms with Gasteiger partial charge in [0.05, 0.1) is 36.7 Å². The van der Waals surface area contributed by atoms with Crippen molar-refractivity contribution in [2.24, 2.45) is 11.7 Å². The number of primary amides is 1. The summed E-state index contributed by atoms with van der Waals surface area (Å²) < 4.78 is 33.7. The Morgan fingerprint density at radius 3 is 2.33 bits per heavy atom. The highest BCUT2D eigenvalue weighted by atomic mass is 32.2. The van der Waals surface area contributed by atoms with Crippen molar-refractivity contribution >= 4 is 27.5 Å². The second-order valence-corrected chi connectivity index (χ2v) is 12.5. The fourth-order valence-corrected chi connectivity index (χ4v) is 6.34. The minimum atomic E-state index is -3.95. The summed E-state index contributed by atoms with van der Waals surface area (Å²) in [5, 5.41) is 14.3. The highest BCUT2D eigenvalue weighted by Crippen LogP contribution is 2.20. The highest BCUT2D eigenvalue weighted by Gasteiger charge is 2.32. The molecular weight excluding hydrogens is 534 g/mol. The van der Waals surface area contributed by atoms with Gasteiger partial charge in [-0.3, -0.25) is 14.5 Å². The molecule has 2 aromatic rings. The third-order valence-corrected chi connectivity index (χ3v) is 8.56. The van der Waals surface area contributed by atoms with Gasteiger partial charge in [-0.05, 0) is 48.6 Å². The number of hydrogen-bond acceptors (Lipinski definition) is 8. The van der Waals surface area contributed by atoms with Crippen molar-refractivity contribution in [1.29, 1.82) is 0 Å². The van der Waals surface area contributed by atoms with Crippen LogP contribution in [0.15, 0.2) is 59.5 Å². The van der Waals surface area contributed by atoms with Gasteiger partial charge in [-0.25, -0.2) is 8.42 Å². The van der Waals surface area contributed by atoms with E-state index in [4.69, 9.17) is 16.2 Å². The standard InChI is InChI=1S/C28H41N5O6S/c1-20(2)15-33(40(37,38)24-10-8-22(29)9-11-24)16-26(34)25(14-21-6-4-3-5-7-21)31-28(36)18-32(17-27(30)35)23-12-13-39-19-23/h3-11,20,23,25-26,34H,12-19,29H2,1-2H3,(H2,30,35)(H,31,36)/t23-,25-,26+/m0/s1. The molecule has 2 aromatic carbocycles. The van der Waals surface area contributed by atoms with Crippen molar-refractivity contribution in [3.05, 3.63) is 60.2 Å². The lowest BCUT2D eigenvalue weighted by Gasteiger charge is -2.32. The molecule has 2 amide bonds. The third kappa shape index (κ3) is 9.27. The minimum absolute atomic E-state index is 0.0195. The quantitative estimate of drug-likeness (QED) is 0.224. The number of hydrogen-bond donors (Lipinski definition) is 4. The van der Waals surface area contributed by atoms with Gasteiger partial charge in [0.1, 0.15) is 0 Å². The maximum Gasteiger partial charge on any atom is 0.243 e. The van der Waals surface area contributed by atoms with Gasteiger partial charge in [-0.2, -0.15) is 4.31 Å². The molecule has 0 radical (unpaired) electrons. The molecule has 11 nitrogen and oxygen atoms in total. The Labute approximate surface area is 236 Å². The first kappa shape index (κ1) is 31.5. The average Bonchev–Trinajstić information content (AvgIpc) is 3.43. The molecule has 0 saturated carbocycles. The summed E-state index contributed by atoms with van der Waals surface area (Å²) >= 11 is 0. The molecule has 1 aliphatic heterocycles. The summed E-state index contributed by atoms with van der Waals surface area (Å²) in [6.45, 7) is 4.43. The molecule has 0 aromatic heterocycles. The number of carbonyl (C=O) groups excluding carboxylic acids is 2. The van der Waals surface area contributed by atoms with Gasteiger partial charge < -0.3 is 26.6 Å². The molecule has 0 unspecified atom stereocenters. The zero-order valence-corrected chi connectivity index (χ0v) is 23.9. The molecule has 3 rings (SSSR count). The molecule has 0 aliphatic carbocycles. The molecule has 12 heteroatoms. The van der Waals surface area contributed by atoms with E-state index in [1.54, 1.807) is 4.90 Å². The first-order valence-corrected chi connectivity index (χ1v) is 14.9. The van der Waals surface area contributed by atoms with Crippen LogP contribution in [0.1, 0.15) is 25.8 Å². The second-order valence-electron chi connectivity index (χ2n) is 10.6. The molecule has 6 N–H and O–H groups in total. The number of nitrogens with one attached hydrogen (secondary N) is 1. The molecule has 40 heavy (non-hydrogen) atoms. The topological polar surface area (TPSA) is 168 Å². The van der Waals surface area contributed by atoms with Gasteiger partial charge in [0, 0.05) is 31.4 Å². The number of anilines is 1. The SMILES string of the molecule is CC(C)CN(C[C@@H](O)[C@H](Cc1ccccc1)NC(=O)CN(CC(N)=O)[C@H]1CCOC1)S(=O)(=O)c1ccc(N)cc1. The second kappa shape index (κ2) is 14.6. The van der Waals surface area contributed by atoms with E-state index in [1.165, 1.54) is 28.6 Å². The molecule has 3 atom stereocenters. The van der Waals surface area contributed by atoms with Gasteiger partial charge in [0.25, 0.3) is 0 Å².